The van der Waals surface area contributed by atoms with Gasteiger partial charge < -0.3 is 10.5 Å². The molecule has 0 radical (unpaired) electrons. The molecule has 16 heavy (non-hydrogen) atoms. The molecule has 0 bridgehead atoms. The van der Waals surface area contributed by atoms with E-state index in [9.17, 15) is 8.42 Å². The van der Waals surface area contributed by atoms with Gasteiger partial charge in [0.25, 0.3) is 0 Å². The molecule has 5 heteroatoms. The Kier molecular flexibility index (Phi) is 4.37. The monoisotopic (exact) mass is 241 g/mol. The number of nitrogens with two attached hydrogens (primary N) is 1. The van der Waals surface area contributed by atoms with Crippen molar-refractivity contribution < 1.29 is 13.2 Å². The van der Waals surface area contributed by atoms with Gasteiger partial charge in [0.2, 0.25) is 0 Å². The van der Waals surface area contributed by atoms with Crippen molar-refractivity contribution in [2.75, 3.05) is 12.4 Å². The van der Waals surface area contributed by atoms with Crippen LogP contribution < -0.4 is 10.5 Å². The van der Waals surface area contributed by atoms with Gasteiger partial charge in [-0.15, -0.1) is 0 Å². The van der Waals surface area contributed by atoms with E-state index >= 15 is 0 Å². The van der Waals surface area contributed by atoms with E-state index in [1.165, 1.54) is 6.92 Å². The van der Waals surface area contributed by atoms with E-state index in [1.807, 2.05) is 18.2 Å². The van der Waals surface area contributed by atoms with Gasteiger partial charge in [0, 0.05) is 11.1 Å². The molecule has 0 unspecified atom stereocenters. The molecule has 0 saturated carbocycles. The summed E-state index contributed by atoms with van der Waals surface area (Å²) in [5.41, 5.74) is 5.58. The molecular formula is C11H15NO3S. The zero-order valence-electron chi connectivity index (χ0n) is 9.09. The van der Waals surface area contributed by atoms with Crippen molar-refractivity contribution in [3.63, 3.8) is 0 Å². The average Bonchev–Trinajstić information content (AvgIpc) is 2.16. The van der Waals surface area contributed by atoms with Crippen LogP contribution in [0.15, 0.2) is 41.4 Å². The second-order valence-electron chi connectivity index (χ2n) is 3.39. The van der Waals surface area contributed by atoms with Gasteiger partial charge in [-0.2, -0.15) is 0 Å². The lowest BCUT2D eigenvalue weighted by Gasteiger charge is -2.04. The van der Waals surface area contributed by atoms with E-state index in [0.717, 1.165) is 5.41 Å². The number of ether oxygens (including phenoxy) is 1. The van der Waals surface area contributed by atoms with Crippen LogP contribution in [0.1, 0.15) is 6.92 Å². The lowest BCUT2D eigenvalue weighted by molar-refractivity contribution is 0.341. The molecule has 1 rings (SSSR count). The molecule has 0 spiro atoms. The Bertz CT molecular complexity index is 447. The predicted octanol–water partition coefficient (Wildman–Crippen LogP) is 1.30. The number of sulfone groups is 1. The molecule has 0 aromatic heterocycles. The van der Waals surface area contributed by atoms with E-state index < -0.39 is 9.84 Å². The molecule has 1 aromatic carbocycles. The van der Waals surface area contributed by atoms with Crippen molar-refractivity contribution >= 4 is 9.84 Å². The first-order valence-electron chi connectivity index (χ1n) is 4.84. The minimum absolute atomic E-state index is 0.0730. The number of hydrogen-bond acceptors (Lipinski definition) is 4. The van der Waals surface area contributed by atoms with Crippen LogP contribution in [0.2, 0.25) is 0 Å². The van der Waals surface area contributed by atoms with Crippen molar-refractivity contribution in [3.05, 3.63) is 41.4 Å². The Labute approximate surface area is 95.6 Å². The van der Waals surface area contributed by atoms with Crippen molar-refractivity contribution in [3.8, 4) is 5.75 Å². The maximum Gasteiger partial charge on any atom is 0.176 e. The first-order chi connectivity index (χ1) is 7.49. The molecule has 1 aromatic rings. The standard InChI is InChI=1S/C11H15NO3S/c1-10(12)9-16(13,14)8-7-15-11-5-3-2-4-6-11/h2-6,9H,7-8,12H2,1H3/b10-9-. The molecule has 0 fully saturated rings. The molecule has 0 aliphatic heterocycles. The van der Waals surface area contributed by atoms with Crippen molar-refractivity contribution in [1.82, 2.24) is 0 Å². The first-order valence-corrected chi connectivity index (χ1v) is 6.55. The molecule has 0 amide bonds. The third-order valence-corrected chi connectivity index (χ3v) is 3.21. The molecule has 0 saturated heterocycles. The van der Waals surface area contributed by atoms with Crippen LogP contribution in [0, 0.1) is 0 Å². The maximum atomic E-state index is 11.4. The van der Waals surface area contributed by atoms with Crippen molar-refractivity contribution in [2.24, 2.45) is 5.73 Å². The summed E-state index contributed by atoms with van der Waals surface area (Å²) in [6.45, 7) is 1.66. The number of hydrogen-bond donors (Lipinski definition) is 1. The zero-order chi connectivity index (χ0) is 12.0. The fourth-order valence-electron chi connectivity index (χ4n) is 1.13. The van der Waals surface area contributed by atoms with Crippen molar-refractivity contribution in [1.29, 1.82) is 0 Å². The van der Waals surface area contributed by atoms with Gasteiger partial charge in [-0.25, -0.2) is 8.42 Å². The fraction of sp³-hybridized carbons (Fsp3) is 0.273. The lowest BCUT2D eigenvalue weighted by atomic mass is 10.3. The van der Waals surface area contributed by atoms with E-state index in [2.05, 4.69) is 0 Å². The van der Waals surface area contributed by atoms with Crippen molar-refractivity contribution in [2.45, 2.75) is 6.92 Å². The number of benzene rings is 1. The van der Waals surface area contributed by atoms with Gasteiger partial charge in [-0.3, -0.25) is 0 Å². The highest BCUT2D eigenvalue weighted by atomic mass is 32.2. The second-order valence-corrected chi connectivity index (χ2v) is 5.36. The smallest absolute Gasteiger partial charge is 0.176 e. The molecule has 0 heterocycles. The van der Waals surface area contributed by atoms with E-state index in [0.29, 0.717) is 5.75 Å². The van der Waals surface area contributed by atoms with Gasteiger partial charge in [0.15, 0.2) is 9.84 Å². The molecule has 0 atom stereocenters. The molecule has 0 aliphatic rings. The average molecular weight is 241 g/mol. The highest BCUT2D eigenvalue weighted by Gasteiger charge is 2.07. The van der Waals surface area contributed by atoms with Crippen LogP contribution in [0.5, 0.6) is 5.75 Å². The summed E-state index contributed by atoms with van der Waals surface area (Å²) in [7, 11) is -3.26. The topological polar surface area (TPSA) is 69.4 Å². The minimum Gasteiger partial charge on any atom is -0.493 e. The van der Waals surface area contributed by atoms with Gasteiger partial charge >= 0.3 is 0 Å². The Balaban J connectivity index is 2.45. The summed E-state index contributed by atoms with van der Waals surface area (Å²) in [6, 6.07) is 9.07. The first kappa shape index (κ1) is 12.6. The van der Waals surface area contributed by atoms with Gasteiger partial charge in [-0.1, -0.05) is 18.2 Å². The number of para-hydroxylation sites is 1. The van der Waals surface area contributed by atoms with Crippen LogP contribution >= 0.6 is 0 Å². The Morgan fingerprint density at radius 1 is 1.38 bits per heavy atom. The zero-order valence-corrected chi connectivity index (χ0v) is 9.91. The van der Waals surface area contributed by atoms with E-state index in [-0.39, 0.29) is 18.1 Å². The Morgan fingerprint density at radius 2 is 2.00 bits per heavy atom. The maximum absolute atomic E-state index is 11.4. The highest BCUT2D eigenvalue weighted by molar-refractivity contribution is 7.94. The normalized spacial score (nSPS) is 12.4. The van der Waals surface area contributed by atoms with Crippen LogP contribution in [0.4, 0.5) is 0 Å². The van der Waals surface area contributed by atoms with Crippen LogP contribution in [-0.2, 0) is 9.84 Å². The molecule has 2 N–H and O–H groups in total. The summed E-state index contributed by atoms with van der Waals surface area (Å²) in [4.78, 5) is 0. The largest absolute Gasteiger partial charge is 0.493 e. The third kappa shape index (κ3) is 4.84. The quantitative estimate of drug-likeness (QED) is 0.843. The summed E-state index contributed by atoms with van der Waals surface area (Å²) >= 11 is 0. The summed E-state index contributed by atoms with van der Waals surface area (Å²) in [6.07, 6.45) is 0. The Morgan fingerprint density at radius 3 is 2.56 bits per heavy atom. The summed E-state index contributed by atoms with van der Waals surface area (Å²) in [5, 5.41) is 1.06. The van der Waals surface area contributed by atoms with Gasteiger partial charge in [0.1, 0.15) is 12.4 Å². The van der Waals surface area contributed by atoms with E-state index in [1.54, 1.807) is 12.1 Å². The minimum atomic E-state index is -3.26. The molecule has 88 valence electrons. The highest BCUT2D eigenvalue weighted by Crippen LogP contribution is 2.08. The van der Waals surface area contributed by atoms with Gasteiger partial charge in [0.05, 0.1) is 5.75 Å². The summed E-state index contributed by atoms with van der Waals surface area (Å²) in [5.74, 6) is 0.585. The second kappa shape index (κ2) is 5.55. The lowest BCUT2D eigenvalue weighted by Crippen LogP contribution is -2.13. The van der Waals surface area contributed by atoms with Crippen LogP contribution in [0.25, 0.3) is 0 Å². The Hall–Kier alpha value is -1.49. The summed E-state index contributed by atoms with van der Waals surface area (Å²) < 4.78 is 28.1. The molecule has 4 nitrogen and oxygen atoms in total. The molecule has 0 aliphatic carbocycles. The number of allylic oxidation sites excluding steroid dienone is 1. The number of rotatable bonds is 5. The van der Waals surface area contributed by atoms with Crippen LogP contribution in [0.3, 0.4) is 0 Å². The van der Waals surface area contributed by atoms with E-state index in [4.69, 9.17) is 10.5 Å². The van der Waals surface area contributed by atoms with Crippen LogP contribution in [-0.4, -0.2) is 20.8 Å². The SMILES string of the molecule is C/C(N)=C/S(=O)(=O)CCOc1ccccc1. The molecular weight excluding hydrogens is 226 g/mol. The predicted molar refractivity (Wildman–Crippen MR) is 63.7 cm³/mol. The van der Waals surface area contributed by atoms with Gasteiger partial charge in [-0.05, 0) is 19.1 Å². The fourth-order valence-corrected chi connectivity index (χ4v) is 2.13. The third-order valence-electron chi connectivity index (χ3n) is 1.75.